The molecule has 0 bridgehead atoms. The number of amidine groups is 1. The Bertz CT molecular complexity index is 835. The van der Waals surface area contributed by atoms with E-state index in [0.29, 0.717) is 5.17 Å². The van der Waals surface area contributed by atoms with Crippen molar-refractivity contribution < 1.29 is 9.18 Å². The highest BCUT2D eigenvalue weighted by atomic mass is 35.5. The zero-order valence-corrected chi connectivity index (χ0v) is 16.3. The fourth-order valence-electron chi connectivity index (χ4n) is 2.91. The lowest BCUT2D eigenvalue weighted by Gasteiger charge is -2.23. The van der Waals surface area contributed by atoms with Crippen molar-refractivity contribution in [3.05, 3.63) is 64.4 Å². The lowest BCUT2D eigenvalue weighted by atomic mass is 10.1. The number of hydrogen-bond donors (Lipinski definition) is 0. The molecule has 0 unspecified atom stereocenters. The van der Waals surface area contributed by atoms with E-state index in [1.54, 1.807) is 22.7 Å². The number of halogens is 2. The summed E-state index contributed by atoms with van der Waals surface area (Å²) in [5.41, 5.74) is 2.16. The zero-order valence-electron chi connectivity index (χ0n) is 14.7. The van der Waals surface area contributed by atoms with Crippen LogP contribution in [0.4, 0.5) is 10.1 Å². The van der Waals surface area contributed by atoms with Crippen LogP contribution in [0.3, 0.4) is 0 Å². The Labute approximate surface area is 162 Å². The molecule has 1 aliphatic rings. The van der Waals surface area contributed by atoms with Crippen LogP contribution in [0.1, 0.15) is 24.5 Å². The van der Waals surface area contributed by atoms with E-state index in [0.717, 1.165) is 23.4 Å². The van der Waals surface area contributed by atoms with Crippen molar-refractivity contribution in [3.8, 4) is 0 Å². The lowest BCUT2D eigenvalue weighted by Crippen LogP contribution is -2.40. The molecule has 0 radical (unpaired) electrons. The van der Waals surface area contributed by atoms with Crippen LogP contribution in [0.5, 0.6) is 0 Å². The number of thioether (sulfide) groups is 1. The van der Waals surface area contributed by atoms with Crippen LogP contribution in [0.15, 0.2) is 47.5 Å². The Morgan fingerprint density at radius 2 is 2.12 bits per heavy atom. The van der Waals surface area contributed by atoms with Gasteiger partial charge in [-0.05, 0) is 43.2 Å². The van der Waals surface area contributed by atoms with Gasteiger partial charge in [0.25, 0.3) is 0 Å². The number of amides is 1. The van der Waals surface area contributed by atoms with Gasteiger partial charge in [-0.2, -0.15) is 0 Å². The lowest BCUT2D eigenvalue weighted by molar-refractivity contribution is -0.127. The summed E-state index contributed by atoms with van der Waals surface area (Å²) in [6.07, 6.45) is 0.742. The van der Waals surface area contributed by atoms with Crippen LogP contribution in [0, 0.1) is 12.7 Å². The van der Waals surface area contributed by atoms with Crippen molar-refractivity contribution in [2.24, 2.45) is 4.99 Å². The van der Waals surface area contributed by atoms with Gasteiger partial charge in [-0.15, -0.1) is 0 Å². The number of rotatable bonds is 4. The molecule has 26 heavy (non-hydrogen) atoms. The van der Waals surface area contributed by atoms with Crippen molar-refractivity contribution in [2.45, 2.75) is 32.7 Å². The maximum atomic E-state index is 14.1. The highest BCUT2D eigenvalue weighted by molar-refractivity contribution is 8.14. The quantitative estimate of drug-likeness (QED) is 0.702. The standard InChI is InChI=1S/C20H20ClFN2OS/c1-3-15-12-26-20(23-14-7-4-6-13(2)10-14)24(15)19(25)11-16-17(21)8-5-9-18(16)22/h4-10,15H,3,11-12H2,1-2H3/t15-/m1/s1. The molecule has 6 heteroatoms. The Balaban J connectivity index is 1.89. The first-order valence-electron chi connectivity index (χ1n) is 8.52. The fourth-order valence-corrected chi connectivity index (χ4v) is 4.43. The second kappa shape index (κ2) is 8.23. The molecule has 3 rings (SSSR count). The number of benzene rings is 2. The van der Waals surface area contributed by atoms with E-state index >= 15 is 0 Å². The van der Waals surface area contributed by atoms with Gasteiger partial charge in [-0.25, -0.2) is 9.38 Å². The molecular formula is C20H20ClFN2OS. The van der Waals surface area contributed by atoms with Crippen molar-refractivity contribution in [1.82, 2.24) is 4.90 Å². The van der Waals surface area contributed by atoms with Crippen molar-refractivity contribution in [3.63, 3.8) is 0 Å². The first-order valence-corrected chi connectivity index (χ1v) is 9.89. The second-order valence-corrected chi connectivity index (χ2v) is 7.64. The van der Waals surface area contributed by atoms with Crippen molar-refractivity contribution >= 4 is 40.1 Å². The maximum Gasteiger partial charge on any atom is 0.233 e. The average Bonchev–Trinajstić information content (AvgIpc) is 3.01. The molecule has 2 aromatic carbocycles. The van der Waals surface area contributed by atoms with E-state index < -0.39 is 5.82 Å². The molecule has 1 amide bonds. The van der Waals surface area contributed by atoms with E-state index in [1.807, 2.05) is 38.1 Å². The van der Waals surface area contributed by atoms with Crippen LogP contribution in [0.2, 0.25) is 5.02 Å². The SMILES string of the molecule is CC[C@@H]1CSC(=Nc2cccc(C)c2)N1C(=O)Cc1c(F)cccc1Cl. The Morgan fingerprint density at radius 1 is 1.35 bits per heavy atom. The summed E-state index contributed by atoms with van der Waals surface area (Å²) in [7, 11) is 0. The first-order chi connectivity index (χ1) is 12.5. The number of nitrogens with zero attached hydrogens (tertiary/aromatic N) is 2. The number of carbonyl (C=O) groups is 1. The van der Waals surface area contributed by atoms with Gasteiger partial charge >= 0.3 is 0 Å². The van der Waals surface area contributed by atoms with E-state index in [4.69, 9.17) is 11.6 Å². The molecular weight excluding hydrogens is 371 g/mol. The Kier molecular flexibility index (Phi) is 5.99. The number of aryl methyl sites for hydroxylation is 1. The minimum atomic E-state index is -0.456. The summed E-state index contributed by atoms with van der Waals surface area (Å²) in [6, 6.07) is 12.4. The van der Waals surface area contributed by atoms with Crippen molar-refractivity contribution in [2.75, 3.05) is 5.75 Å². The van der Waals surface area contributed by atoms with E-state index in [1.165, 1.54) is 12.1 Å². The predicted octanol–water partition coefficient (Wildman–Crippen LogP) is 5.37. The number of carbonyl (C=O) groups excluding carboxylic acids is 1. The van der Waals surface area contributed by atoms with Crippen LogP contribution in [0.25, 0.3) is 0 Å². The largest absolute Gasteiger partial charge is 0.287 e. The van der Waals surface area contributed by atoms with Crippen molar-refractivity contribution in [1.29, 1.82) is 0 Å². The van der Waals surface area contributed by atoms with E-state index in [-0.39, 0.29) is 29.0 Å². The molecule has 0 N–H and O–H groups in total. The fraction of sp³-hybridized carbons (Fsp3) is 0.300. The molecule has 1 fully saturated rings. The van der Waals surface area contributed by atoms with E-state index in [2.05, 4.69) is 4.99 Å². The summed E-state index contributed by atoms with van der Waals surface area (Å²) in [5.74, 6) is 0.154. The van der Waals surface area contributed by atoms with Gasteiger partial charge in [0.15, 0.2) is 5.17 Å². The van der Waals surface area contributed by atoms with Crippen LogP contribution < -0.4 is 0 Å². The summed E-state index contributed by atoms with van der Waals surface area (Å²) in [5, 5.41) is 0.940. The molecule has 1 heterocycles. The molecule has 0 spiro atoms. The summed E-state index contributed by atoms with van der Waals surface area (Å²) < 4.78 is 14.1. The Hall–Kier alpha value is -1.85. The molecule has 0 aliphatic carbocycles. The smallest absolute Gasteiger partial charge is 0.233 e. The third-order valence-corrected chi connectivity index (χ3v) is 5.78. The number of aliphatic imine (C=N–C) groups is 1. The van der Waals surface area contributed by atoms with Gasteiger partial charge in [-0.3, -0.25) is 9.69 Å². The molecule has 1 aliphatic heterocycles. The van der Waals surface area contributed by atoms with Crippen LogP contribution >= 0.6 is 23.4 Å². The van der Waals surface area contributed by atoms with E-state index in [9.17, 15) is 9.18 Å². The molecule has 0 aromatic heterocycles. The third-order valence-electron chi connectivity index (χ3n) is 4.33. The third kappa shape index (κ3) is 4.10. The Morgan fingerprint density at radius 3 is 2.81 bits per heavy atom. The monoisotopic (exact) mass is 390 g/mol. The minimum absolute atomic E-state index is 0.0570. The molecule has 3 nitrogen and oxygen atoms in total. The van der Waals surface area contributed by atoms with Gasteiger partial charge in [0.05, 0.1) is 12.1 Å². The predicted molar refractivity (Wildman–Crippen MR) is 107 cm³/mol. The van der Waals surface area contributed by atoms with Gasteiger partial charge in [-0.1, -0.05) is 48.5 Å². The molecule has 2 aromatic rings. The average molecular weight is 391 g/mol. The van der Waals surface area contributed by atoms with Gasteiger partial charge in [0.2, 0.25) is 5.91 Å². The van der Waals surface area contributed by atoms with Gasteiger partial charge in [0.1, 0.15) is 5.82 Å². The molecule has 0 saturated carbocycles. The molecule has 136 valence electrons. The number of hydrogen-bond acceptors (Lipinski definition) is 3. The summed E-state index contributed by atoms with van der Waals surface area (Å²) >= 11 is 7.65. The normalized spacial score (nSPS) is 18.5. The van der Waals surface area contributed by atoms with Gasteiger partial charge in [0, 0.05) is 22.4 Å². The molecule has 1 saturated heterocycles. The van der Waals surface area contributed by atoms with Crippen LogP contribution in [-0.2, 0) is 11.2 Å². The highest BCUT2D eigenvalue weighted by Gasteiger charge is 2.34. The zero-order chi connectivity index (χ0) is 18.7. The molecule has 1 atom stereocenters. The minimum Gasteiger partial charge on any atom is -0.287 e. The topological polar surface area (TPSA) is 32.7 Å². The summed E-state index contributed by atoms with van der Waals surface area (Å²) in [4.78, 5) is 19.3. The van der Waals surface area contributed by atoms with Crippen LogP contribution in [-0.4, -0.2) is 27.8 Å². The first kappa shape index (κ1) is 18.9. The highest BCUT2D eigenvalue weighted by Crippen LogP contribution is 2.30. The maximum absolute atomic E-state index is 14.1. The second-order valence-electron chi connectivity index (χ2n) is 6.25. The van der Waals surface area contributed by atoms with Gasteiger partial charge < -0.3 is 0 Å². The summed E-state index contributed by atoms with van der Waals surface area (Å²) in [6.45, 7) is 4.04.